The van der Waals surface area contributed by atoms with Gasteiger partial charge in [0.2, 0.25) is 5.91 Å². The van der Waals surface area contributed by atoms with Crippen LogP contribution in [0.3, 0.4) is 0 Å². The molecule has 1 aliphatic rings. The zero-order valence-electron chi connectivity index (χ0n) is 15.4. The molecule has 1 aliphatic heterocycles. The lowest BCUT2D eigenvalue weighted by atomic mass is 10.1. The maximum Gasteiger partial charge on any atom is 0.409 e. The molecule has 0 radical (unpaired) electrons. The molecule has 144 valence electrons. The Kier molecular flexibility index (Phi) is 7.90. The number of amides is 2. The predicted octanol–water partition coefficient (Wildman–Crippen LogP) is 2.53. The quantitative estimate of drug-likeness (QED) is 0.731. The summed E-state index contributed by atoms with van der Waals surface area (Å²) in [7, 11) is 3.17. The van der Waals surface area contributed by atoms with E-state index in [9.17, 15) is 9.59 Å². The van der Waals surface area contributed by atoms with Crippen LogP contribution >= 0.6 is 11.8 Å². The van der Waals surface area contributed by atoms with Crippen LogP contribution in [0.4, 0.5) is 4.79 Å². The van der Waals surface area contributed by atoms with E-state index in [0.717, 1.165) is 17.7 Å². The number of rotatable bonds is 7. The highest BCUT2D eigenvalue weighted by Crippen LogP contribution is 2.31. The number of hydrogen-bond donors (Lipinski definition) is 1. The van der Waals surface area contributed by atoms with Gasteiger partial charge in [-0.1, -0.05) is 0 Å². The number of carbonyl (C=O) groups excluding carboxylic acids is 2. The molecule has 7 nitrogen and oxygen atoms in total. The van der Waals surface area contributed by atoms with Gasteiger partial charge in [0.05, 0.1) is 26.6 Å². The Morgan fingerprint density at radius 2 is 1.88 bits per heavy atom. The van der Waals surface area contributed by atoms with Gasteiger partial charge in [-0.05, 0) is 38.0 Å². The van der Waals surface area contributed by atoms with Gasteiger partial charge in [0.15, 0.2) is 11.5 Å². The monoisotopic (exact) mass is 382 g/mol. The lowest BCUT2D eigenvalue weighted by molar-refractivity contribution is -0.119. The molecule has 0 aromatic heterocycles. The van der Waals surface area contributed by atoms with Crippen LogP contribution in [0.15, 0.2) is 23.1 Å². The number of carbonyl (C=O) groups is 2. The van der Waals surface area contributed by atoms with Crippen LogP contribution in [0.5, 0.6) is 11.5 Å². The topological polar surface area (TPSA) is 77.1 Å². The molecule has 1 saturated heterocycles. The molecule has 0 aliphatic carbocycles. The van der Waals surface area contributed by atoms with Crippen LogP contribution in [0.2, 0.25) is 0 Å². The second kappa shape index (κ2) is 10.2. The number of hydrogen-bond acceptors (Lipinski definition) is 6. The van der Waals surface area contributed by atoms with E-state index in [1.165, 1.54) is 11.8 Å². The van der Waals surface area contributed by atoms with Crippen LogP contribution in [0.1, 0.15) is 19.8 Å². The third-order valence-corrected chi connectivity index (χ3v) is 5.10. The molecule has 2 rings (SSSR count). The zero-order chi connectivity index (χ0) is 18.9. The van der Waals surface area contributed by atoms with Gasteiger partial charge < -0.3 is 24.4 Å². The minimum Gasteiger partial charge on any atom is -0.493 e. The molecule has 1 aromatic rings. The Morgan fingerprint density at radius 1 is 1.19 bits per heavy atom. The number of likely N-dealkylation sites (tertiary alicyclic amines) is 1. The molecule has 1 aromatic carbocycles. The summed E-state index contributed by atoms with van der Waals surface area (Å²) in [6.45, 7) is 3.38. The van der Waals surface area contributed by atoms with E-state index in [0.29, 0.717) is 36.9 Å². The number of piperidine rings is 1. The summed E-state index contributed by atoms with van der Waals surface area (Å²) in [5.74, 6) is 1.62. The Bertz CT molecular complexity index is 618. The molecule has 1 heterocycles. The molecule has 0 saturated carbocycles. The van der Waals surface area contributed by atoms with Gasteiger partial charge in [0.25, 0.3) is 0 Å². The van der Waals surface area contributed by atoms with Crippen molar-refractivity contribution < 1.29 is 23.8 Å². The van der Waals surface area contributed by atoms with E-state index in [1.54, 1.807) is 26.0 Å². The lowest BCUT2D eigenvalue weighted by Gasteiger charge is -2.31. The van der Waals surface area contributed by atoms with E-state index in [1.807, 2.05) is 18.2 Å². The Labute approximate surface area is 158 Å². The lowest BCUT2D eigenvalue weighted by Crippen LogP contribution is -2.47. The number of methoxy groups -OCH3 is 2. The normalized spacial score (nSPS) is 14.7. The van der Waals surface area contributed by atoms with Gasteiger partial charge in [-0.2, -0.15) is 0 Å². The van der Waals surface area contributed by atoms with Gasteiger partial charge in [-0.25, -0.2) is 4.79 Å². The van der Waals surface area contributed by atoms with Crippen LogP contribution in [0, 0.1) is 0 Å². The van der Waals surface area contributed by atoms with E-state index in [-0.39, 0.29) is 18.0 Å². The van der Waals surface area contributed by atoms with Gasteiger partial charge >= 0.3 is 6.09 Å². The summed E-state index contributed by atoms with van der Waals surface area (Å²) >= 11 is 1.45. The number of nitrogens with one attached hydrogen (secondary N) is 1. The molecule has 0 unspecified atom stereocenters. The second-order valence-electron chi connectivity index (χ2n) is 5.83. The standard InChI is InChI=1S/C18H26N2O5S/c1-4-25-18(22)20-9-7-13(8-10-20)19-17(21)12-26-14-5-6-15(23-2)16(11-14)24-3/h5-6,11,13H,4,7-10,12H2,1-3H3,(H,19,21). The molecule has 8 heteroatoms. The number of ether oxygens (including phenoxy) is 3. The molecule has 1 fully saturated rings. The van der Waals surface area contributed by atoms with Gasteiger partial charge in [0.1, 0.15) is 0 Å². The minimum atomic E-state index is -0.277. The first-order valence-corrected chi connectivity index (χ1v) is 9.61. The number of benzene rings is 1. The molecular weight excluding hydrogens is 356 g/mol. The van der Waals surface area contributed by atoms with Crippen molar-refractivity contribution in [2.45, 2.75) is 30.7 Å². The molecule has 1 N–H and O–H groups in total. The minimum absolute atomic E-state index is 0.0145. The van der Waals surface area contributed by atoms with E-state index < -0.39 is 0 Å². The van der Waals surface area contributed by atoms with Crippen molar-refractivity contribution in [3.05, 3.63) is 18.2 Å². The molecule has 26 heavy (non-hydrogen) atoms. The van der Waals surface area contributed by atoms with Crippen LogP contribution < -0.4 is 14.8 Å². The predicted molar refractivity (Wildman–Crippen MR) is 100 cm³/mol. The summed E-state index contributed by atoms with van der Waals surface area (Å²) in [4.78, 5) is 26.5. The average Bonchev–Trinajstić information content (AvgIpc) is 2.66. The van der Waals surface area contributed by atoms with Crippen molar-refractivity contribution in [2.24, 2.45) is 0 Å². The molecule has 0 spiro atoms. The fraction of sp³-hybridized carbons (Fsp3) is 0.556. The van der Waals surface area contributed by atoms with Crippen molar-refractivity contribution >= 4 is 23.8 Å². The third kappa shape index (κ3) is 5.72. The van der Waals surface area contributed by atoms with Gasteiger partial charge in [0, 0.05) is 24.0 Å². The highest BCUT2D eigenvalue weighted by atomic mass is 32.2. The third-order valence-electron chi connectivity index (χ3n) is 4.11. The largest absolute Gasteiger partial charge is 0.493 e. The average molecular weight is 382 g/mol. The summed E-state index contributed by atoms with van der Waals surface area (Å²) < 4.78 is 15.5. The van der Waals surface area contributed by atoms with Gasteiger partial charge in [-0.15, -0.1) is 11.8 Å². The molecule has 0 bridgehead atoms. The highest BCUT2D eigenvalue weighted by Gasteiger charge is 2.24. The fourth-order valence-corrected chi connectivity index (χ4v) is 3.48. The summed E-state index contributed by atoms with van der Waals surface area (Å²) in [5, 5.41) is 3.04. The summed E-state index contributed by atoms with van der Waals surface area (Å²) in [6.07, 6.45) is 1.21. The maximum atomic E-state index is 12.2. The highest BCUT2D eigenvalue weighted by molar-refractivity contribution is 8.00. The molecule has 2 amide bonds. The van der Waals surface area contributed by atoms with Crippen molar-refractivity contribution in [3.63, 3.8) is 0 Å². The van der Waals surface area contributed by atoms with E-state index >= 15 is 0 Å². The zero-order valence-corrected chi connectivity index (χ0v) is 16.3. The first-order valence-electron chi connectivity index (χ1n) is 8.63. The summed E-state index contributed by atoms with van der Waals surface area (Å²) in [5.41, 5.74) is 0. The Hall–Kier alpha value is -2.09. The van der Waals surface area contributed by atoms with Crippen LogP contribution in [0.25, 0.3) is 0 Å². The van der Waals surface area contributed by atoms with Crippen LogP contribution in [-0.4, -0.2) is 62.6 Å². The second-order valence-corrected chi connectivity index (χ2v) is 6.88. The Morgan fingerprint density at radius 3 is 2.50 bits per heavy atom. The van der Waals surface area contributed by atoms with Gasteiger partial charge in [-0.3, -0.25) is 4.79 Å². The molecule has 0 atom stereocenters. The van der Waals surface area contributed by atoms with Crippen LogP contribution in [-0.2, 0) is 9.53 Å². The Balaban J connectivity index is 1.75. The number of thioether (sulfide) groups is 1. The van der Waals surface area contributed by atoms with Crippen molar-refractivity contribution in [2.75, 3.05) is 39.7 Å². The van der Waals surface area contributed by atoms with Crippen molar-refractivity contribution in [1.82, 2.24) is 10.2 Å². The molecular formula is C18H26N2O5S. The number of nitrogens with zero attached hydrogens (tertiary/aromatic N) is 1. The summed E-state index contributed by atoms with van der Waals surface area (Å²) in [6, 6.07) is 5.68. The van der Waals surface area contributed by atoms with Crippen molar-refractivity contribution in [3.8, 4) is 11.5 Å². The fourth-order valence-electron chi connectivity index (χ4n) is 2.75. The first kappa shape index (κ1) is 20.2. The maximum absolute atomic E-state index is 12.2. The van der Waals surface area contributed by atoms with Crippen molar-refractivity contribution in [1.29, 1.82) is 0 Å². The van der Waals surface area contributed by atoms with E-state index in [2.05, 4.69) is 5.32 Å². The first-order chi connectivity index (χ1) is 12.6. The SMILES string of the molecule is CCOC(=O)N1CCC(NC(=O)CSc2ccc(OC)c(OC)c2)CC1. The van der Waals surface area contributed by atoms with E-state index in [4.69, 9.17) is 14.2 Å². The smallest absolute Gasteiger partial charge is 0.409 e.